The molecule has 1 N–H and O–H groups in total. The maximum atomic E-state index is 12.2. The number of aromatic nitrogens is 2. The molecular formula is C16H19N3O3S. The van der Waals surface area contributed by atoms with Gasteiger partial charge in [0.15, 0.2) is 0 Å². The number of hydrogen-bond acceptors (Lipinski definition) is 6. The maximum absolute atomic E-state index is 12.2. The molecule has 2 heterocycles. The van der Waals surface area contributed by atoms with Gasteiger partial charge in [-0.15, -0.1) is 5.10 Å². The normalized spacial score (nSPS) is 15.9. The van der Waals surface area contributed by atoms with E-state index in [0.717, 1.165) is 40.6 Å². The van der Waals surface area contributed by atoms with E-state index in [4.69, 9.17) is 9.47 Å². The number of rotatable bonds is 5. The molecular weight excluding hydrogens is 314 g/mol. The van der Waals surface area contributed by atoms with E-state index in [0.29, 0.717) is 23.7 Å². The second-order valence-corrected chi connectivity index (χ2v) is 6.26. The second-order valence-electron chi connectivity index (χ2n) is 5.50. The molecule has 23 heavy (non-hydrogen) atoms. The number of amides is 1. The third-order valence-electron chi connectivity index (χ3n) is 3.68. The van der Waals surface area contributed by atoms with Gasteiger partial charge in [0, 0.05) is 24.1 Å². The summed E-state index contributed by atoms with van der Waals surface area (Å²) in [5, 5.41) is 6.76. The average Bonchev–Trinajstić information content (AvgIpc) is 3.09. The Kier molecular flexibility index (Phi) is 4.47. The number of nitrogens with zero attached hydrogens (tertiary/aromatic N) is 2. The number of carbonyl (C=O) groups is 1. The fourth-order valence-electron chi connectivity index (χ4n) is 2.60. The topological polar surface area (TPSA) is 73.3 Å². The summed E-state index contributed by atoms with van der Waals surface area (Å²) in [6, 6.07) is 3.98. The van der Waals surface area contributed by atoms with Crippen molar-refractivity contribution in [1.82, 2.24) is 14.9 Å². The van der Waals surface area contributed by atoms with Crippen molar-refractivity contribution in [2.75, 3.05) is 6.61 Å². The Bertz CT molecular complexity index is 729. The van der Waals surface area contributed by atoms with E-state index < -0.39 is 0 Å². The van der Waals surface area contributed by atoms with Gasteiger partial charge in [-0.05, 0) is 44.4 Å². The van der Waals surface area contributed by atoms with Gasteiger partial charge in [0.2, 0.25) is 0 Å². The molecule has 0 bridgehead atoms. The Morgan fingerprint density at radius 1 is 1.52 bits per heavy atom. The maximum Gasteiger partial charge on any atom is 0.265 e. The van der Waals surface area contributed by atoms with Crippen LogP contribution >= 0.6 is 11.5 Å². The summed E-state index contributed by atoms with van der Waals surface area (Å²) < 4.78 is 15.3. The van der Waals surface area contributed by atoms with Crippen molar-refractivity contribution < 1.29 is 14.3 Å². The van der Waals surface area contributed by atoms with Gasteiger partial charge in [0.25, 0.3) is 5.91 Å². The highest BCUT2D eigenvalue weighted by atomic mass is 32.1. The molecule has 0 aliphatic carbocycles. The lowest BCUT2D eigenvalue weighted by Crippen LogP contribution is -2.23. The number of nitrogens with one attached hydrogen (secondary N) is 1. The molecule has 0 saturated heterocycles. The van der Waals surface area contributed by atoms with Crippen LogP contribution in [-0.4, -0.2) is 28.2 Å². The van der Waals surface area contributed by atoms with Crippen LogP contribution in [0.2, 0.25) is 0 Å². The van der Waals surface area contributed by atoms with E-state index in [1.165, 1.54) is 0 Å². The van der Waals surface area contributed by atoms with Crippen molar-refractivity contribution in [3.8, 4) is 11.5 Å². The summed E-state index contributed by atoms with van der Waals surface area (Å²) in [4.78, 5) is 12.7. The molecule has 0 spiro atoms. The molecule has 1 aromatic heterocycles. The average molecular weight is 333 g/mol. The summed E-state index contributed by atoms with van der Waals surface area (Å²) in [7, 11) is 0. The molecule has 122 valence electrons. The quantitative estimate of drug-likeness (QED) is 0.910. The highest BCUT2D eigenvalue weighted by molar-refractivity contribution is 7.07. The van der Waals surface area contributed by atoms with E-state index in [9.17, 15) is 4.79 Å². The van der Waals surface area contributed by atoms with E-state index >= 15 is 0 Å². The smallest absolute Gasteiger partial charge is 0.265 e. The van der Waals surface area contributed by atoms with Crippen molar-refractivity contribution >= 4 is 17.4 Å². The van der Waals surface area contributed by atoms with Gasteiger partial charge in [-0.1, -0.05) is 4.49 Å². The predicted molar refractivity (Wildman–Crippen MR) is 87.2 cm³/mol. The van der Waals surface area contributed by atoms with Gasteiger partial charge in [-0.25, -0.2) is 0 Å². The zero-order valence-electron chi connectivity index (χ0n) is 13.4. The molecule has 1 aliphatic rings. The summed E-state index contributed by atoms with van der Waals surface area (Å²) in [6.45, 7) is 6.71. The number of benzene rings is 1. The molecule has 1 amide bonds. The van der Waals surface area contributed by atoms with E-state index in [1.807, 2.05) is 26.0 Å². The van der Waals surface area contributed by atoms with Crippen molar-refractivity contribution in [3.63, 3.8) is 0 Å². The first-order valence-electron chi connectivity index (χ1n) is 7.61. The van der Waals surface area contributed by atoms with E-state index in [-0.39, 0.29) is 12.0 Å². The van der Waals surface area contributed by atoms with Crippen LogP contribution in [0.3, 0.4) is 0 Å². The lowest BCUT2D eigenvalue weighted by molar-refractivity contribution is 0.0954. The zero-order valence-corrected chi connectivity index (χ0v) is 14.2. The molecule has 0 radical (unpaired) electrons. The predicted octanol–water partition coefficient (Wildman–Crippen LogP) is 2.50. The summed E-state index contributed by atoms with van der Waals surface area (Å²) in [5.74, 6) is 1.50. The molecule has 3 rings (SSSR count). The molecule has 0 saturated carbocycles. The Morgan fingerprint density at radius 3 is 3.04 bits per heavy atom. The van der Waals surface area contributed by atoms with Crippen LogP contribution in [0.5, 0.6) is 11.5 Å². The minimum absolute atomic E-state index is 0.172. The lowest BCUT2D eigenvalue weighted by atomic mass is 10.1. The molecule has 2 aromatic rings. The third kappa shape index (κ3) is 3.29. The highest BCUT2D eigenvalue weighted by Gasteiger charge is 2.22. The molecule has 1 atom stereocenters. The minimum Gasteiger partial charge on any atom is -0.494 e. The number of hydrogen-bond donors (Lipinski definition) is 1. The van der Waals surface area contributed by atoms with Crippen LogP contribution in [0.25, 0.3) is 0 Å². The van der Waals surface area contributed by atoms with E-state index in [2.05, 4.69) is 14.9 Å². The van der Waals surface area contributed by atoms with Crippen LogP contribution < -0.4 is 14.8 Å². The van der Waals surface area contributed by atoms with Gasteiger partial charge >= 0.3 is 0 Å². The first-order chi connectivity index (χ1) is 11.1. The Morgan fingerprint density at radius 2 is 2.35 bits per heavy atom. The SMILES string of the molecule is CCOc1cc2c(cc1CNC(=O)c1snnc1C)O[C@@H](C)C2. The van der Waals surface area contributed by atoms with Crippen molar-refractivity contribution in [2.45, 2.75) is 39.8 Å². The molecule has 1 aliphatic heterocycles. The molecule has 6 nitrogen and oxygen atoms in total. The molecule has 7 heteroatoms. The van der Waals surface area contributed by atoms with Crippen LogP contribution in [0.4, 0.5) is 0 Å². The zero-order chi connectivity index (χ0) is 16.4. The van der Waals surface area contributed by atoms with E-state index in [1.54, 1.807) is 6.92 Å². The van der Waals surface area contributed by atoms with Crippen LogP contribution in [0.1, 0.15) is 40.3 Å². The number of carbonyl (C=O) groups excluding carboxylic acids is 1. The molecule has 0 unspecified atom stereocenters. The third-order valence-corrected chi connectivity index (χ3v) is 4.50. The fourth-order valence-corrected chi connectivity index (χ4v) is 3.18. The molecule has 0 fully saturated rings. The van der Waals surface area contributed by atoms with Gasteiger partial charge in [0.05, 0.1) is 12.3 Å². The second kappa shape index (κ2) is 6.54. The largest absolute Gasteiger partial charge is 0.494 e. The van der Waals surface area contributed by atoms with Crippen molar-refractivity contribution in [1.29, 1.82) is 0 Å². The number of aryl methyl sites for hydroxylation is 1. The summed E-state index contributed by atoms with van der Waals surface area (Å²) in [6.07, 6.45) is 1.06. The monoisotopic (exact) mass is 333 g/mol. The highest BCUT2D eigenvalue weighted by Crippen LogP contribution is 2.35. The standard InChI is InChI=1S/C16H19N3O3S/c1-4-21-13-6-11-5-9(2)22-14(11)7-12(13)8-17-16(20)15-10(3)18-19-23-15/h6-7,9H,4-5,8H2,1-3H3,(H,17,20)/t9-/m0/s1. The van der Waals surface area contributed by atoms with Crippen LogP contribution in [0, 0.1) is 6.92 Å². The summed E-state index contributed by atoms with van der Waals surface area (Å²) >= 11 is 1.10. The Hall–Kier alpha value is -2.15. The van der Waals surface area contributed by atoms with Crippen LogP contribution in [-0.2, 0) is 13.0 Å². The summed E-state index contributed by atoms with van der Waals surface area (Å²) in [5.41, 5.74) is 2.70. The molecule has 1 aromatic carbocycles. The first kappa shape index (κ1) is 15.7. The van der Waals surface area contributed by atoms with Crippen LogP contribution in [0.15, 0.2) is 12.1 Å². The lowest BCUT2D eigenvalue weighted by Gasteiger charge is -2.13. The Balaban J connectivity index is 1.78. The number of ether oxygens (including phenoxy) is 2. The number of fused-ring (bicyclic) bond motifs is 1. The first-order valence-corrected chi connectivity index (χ1v) is 8.38. The van der Waals surface area contributed by atoms with Crippen molar-refractivity contribution in [3.05, 3.63) is 33.8 Å². The fraction of sp³-hybridized carbons (Fsp3) is 0.438. The van der Waals surface area contributed by atoms with Gasteiger partial charge in [0.1, 0.15) is 22.5 Å². The van der Waals surface area contributed by atoms with Crippen molar-refractivity contribution in [2.24, 2.45) is 0 Å². The minimum atomic E-state index is -0.172. The van der Waals surface area contributed by atoms with Gasteiger partial charge in [-0.2, -0.15) is 0 Å². The Labute approximate surface area is 139 Å². The van der Waals surface area contributed by atoms with Gasteiger partial charge < -0.3 is 14.8 Å². The van der Waals surface area contributed by atoms with Gasteiger partial charge in [-0.3, -0.25) is 4.79 Å².